The molecule has 0 saturated carbocycles. The van der Waals surface area contributed by atoms with E-state index in [4.69, 9.17) is 27.3 Å². The molecule has 0 radical (unpaired) electrons. The third-order valence-electron chi connectivity index (χ3n) is 8.81. The Hall–Kier alpha value is -2.58. The van der Waals surface area contributed by atoms with Crippen LogP contribution in [0, 0.1) is 29.1 Å². The van der Waals surface area contributed by atoms with Gasteiger partial charge in [-0.15, -0.1) is 18.3 Å². The van der Waals surface area contributed by atoms with Gasteiger partial charge in [0, 0.05) is 30.8 Å². The first-order valence-corrected chi connectivity index (χ1v) is 15.6. The van der Waals surface area contributed by atoms with Gasteiger partial charge in [0.15, 0.2) is 29.2 Å². The van der Waals surface area contributed by atoms with Crippen molar-refractivity contribution >= 4 is 52.6 Å². The number of carbonyl (C=O) groups excluding carboxylic acids is 5. The summed E-state index contributed by atoms with van der Waals surface area (Å²) in [7, 11) is 0. The van der Waals surface area contributed by atoms with Crippen molar-refractivity contribution in [2.75, 3.05) is 25.4 Å². The molecule has 12 nitrogen and oxygen atoms in total. The molecule has 0 aliphatic carbocycles. The number of ether oxygens (including phenoxy) is 1. The van der Waals surface area contributed by atoms with Gasteiger partial charge in [0.1, 0.15) is 10.6 Å². The van der Waals surface area contributed by atoms with E-state index in [9.17, 15) is 24.0 Å². The summed E-state index contributed by atoms with van der Waals surface area (Å²) in [6, 6.07) is -2.39. The Morgan fingerprint density at radius 3 is 2.35 bits per heavy atom. The molecular formula is C30H48N6O6S. The van der Waals surface area contributed by atoms with Gasteiger partial charge in [-0.3, -0.25) is 24.2 Å². The number of hydrogen-bond acceptors (Lipinski definition) is 12. The predicted octanol–water partition coefficient (Wildman–Crippen LogP) is 0.926. The van der Waals surface area contributed by atoms with Crippen molar-refractivity contribution in [1.82, 2.24) is 4.90 Å². The first-order valence-electron chi connectivity index (χ1n) is 14.6. The Bertz CT molecular complexity index is 1160. The number of rotatable bonds is 17. The average Bonchev–Trinajstić information content (AvgIpc) is 3.65. The summed E-state index contributed by atoms with van der Waals surface area (Å²) >= 11 is 1.34. The third kappa shape index (κ3) is 7.22. The van der Waals surface area contributed by atoms with Crippen LogP contribution in [-0.2, 0) is 28.7 Å². The standard InChI is InChI=1S/C30H48N6O6S/c1-8-28(6,7)42-15-21(32)25(40)29(16-37)20(22(38)14-31)9-11-36(29)27(41)30(34,23(33)13-17(2)3)19(5)18(4)24(39)26-35-10-12-43-26/h8,14,16-21,23,31H,1,9-13,15,32-34H2,2-7H3/t18-,19+,20?,21+,23+,29-,30-/m1/s1. The molecule has 0 aromatic rings. The van der Waals surface area contributed by atoms with Crippen molar-refractivity contribution in [3.05, 3.63) is 12.7 Å². The molecule has 2 rings (SSSR count). The quantitative estimate of drug-likeness (QED) is 0.0781. The number of carbonyl (C=O) groups is 5. The highest BCUT2D eigenvalue weighted by Crippen LogP contribution is 2.40. The fourth-order valence-electron chi connectivity index (χ4n) is 5.77. The number of thioether (sulfide) groups is 1. The van der Waals surface area contributed by atoms with Crippen LogP contribution >= 0.6 is 11.8 Å². The average molecular weight is 621 g/mol. The smallest absolute Gasteiger partial charge is 0.245 e. The lowest BCUT2D eigenvalue weighted by molar-refractivity contribution is -0.157. The molecule has 0 aromatic carbocycles. The van der Waals surface area contributed by atoms with Crippen LogP contribution < -0.4 is 17.2 Å². The molecule has 43 heavy (non-hydrogen) atoms. The van der Waals surface area contributed by atoms with Gasteiger partial charge in [-0.1, -0.05) is 33.8 Å². The molecular weight excluding hydrogens is 572 g/mol. The summed E-state index contributed by atoms with van der Waals surface area (Å²) < 4.78 is 5.71. The van der Waals surface area contributed by atoms with Crippen molar-refractivity contribution in [2.45, 2.75) is 83.1 Å². The third-order valence-corrected chi connectivity index (χ3v) is 9.80. The van der Waals surface area contributed by atoms with E-state index in [-0.39, 0.29) is 37.6 Å². The molecule has 0 spiro atoms. The molecule has 7 atom stereocenters. The lowest BCUT2D eigenvalue weighted by Crippen LogP contribution is -2.74. The minimum Gasteiger partial charge on any atom is -0.369 e. The van der Waals surface area contributed by atoms with Gasteiger partial charge >= 0.3 is 0 Å². The van der Waals surface area contributed by atoms with Crippen LogP contribution in [0.15, 0.2) is 17.6 Å². The second kappa shape index (κ2) is 14.5. The highest BCUT2D eigenvalue weighted by molar-refractivity contribution is 8.16. The number of amides is 1. The number of ketones is 3. The molecule has 1 amide bonds. The zero-order valence-electron chi connectivity index (χ0n) is 26.1. The van der Waals surface area contributed by atoms with E-state index in [1.165, 1.54) is 17.8 Å². The van der Waals surface area contributed by atoms with E-state index in [1.54, 1.807) is 27.7 Å². The number of likely N-dealkylation sites (tertiary alicyclic amines) is 1. The van der Waals surface area contributed by atoms with Crippen molar-refractivity contribution < 1.29 is 28.7 Å². The Labute approximate surface area is 258 Å². The number of nitrogens with one attached hydrogen (secondary N) is 1. The number of aldehydes is 1. The van der Waals surface area contributed by atoms with Gasteiger partial charge < -0.3 is 37.0 Å². The van der Waals surface area contributed by atoms with Crippen molar-refractivity contribution in [3.63, 3.8) is 0 Å². The second-order valence-electron chi connectivity index (χ2n) is 12.5. The summed E-state index contributed by atoms with van der Waals surface area (Å²) in [5.41, 5.74) is 14.8. The van der Waals surface area contributed by atoms with Crippen LogP contribution in [-0.4, -0.2) is 99.9 Å². The van der Waals surface area contributed by atoms with E-state index < -0.39 is 64.0 Å². The van der Waals surface area contributed by atoms with Crippen LogP contribution in [0.2, 0.25) is 0 Å². The fourth-order valence-corrected chi connectivity index (χ4v) is 6.66. The Morgan fingerprint density at radius 1 is 1.23 bits per heavy atom. The van der Waals surface area contributed by atoms with Crippen molar-refractivity contribution in [1.29, 1.82) is 5.41 Å². The summed E-state index contributed by atoms with van der Waals surface area (Å²) in [5, 5.41) is 7.95. The number of nitrogens with zero attached hydrogens (tertiary/aromatic N) is 2. The number of nitrogens with two attached hydrogens (primary N) is 3. The zero-order valence-corrected chi connectivity index (χ0v) is 26.9. The van der Waals surface area contributed by atoms with Crippen molar-refractivity contribution in [3.8, 4) is 0 Å². The minimum atomic E-state index is -2.35. The number of hydrogen-bond donors (Lipinski definition) is 4. The minimum absolute atomic E-state index is 0.0146. The highest BCUT2D eigenvalue weighted by Gasteiger charge is 2.63. The molecule has 1 saturated heterocycles. The maximum Gasteiger partial charge on any atom is 0.245 e. The lowest BCUT2D eigenvalue weighted by Gasteiger charge is -2.47. The van der Waals surface area contributed by atoms with E-state index in [2.05, 4.69) is 11.6 Å². The topological polar surface area (TPSA) is 212 Å². The van der Waals surface area contributed by atoms with Crippen molar-refractivity contribution in [2.24, 2.45) is 45.9 Å². The Balaban J connectivity index is 2.66. The van der Waals surface area contributed by atoms with E-state index >= 15 is 0 Å². The van der Waals surface area contributed by atoms with Crippen LogP contribution in [0.25, 0.3) is 0 Å². The molecule has 0 aromatic heterocycles. The largest absolute Gasteiger partial charge is 0.369 e. The van der Waals surface area contributed by atoms with Crippen LogP contribution in [0.1, 0.15) is 54.4 Å². The molecule has 2 heterocycles. The first-order chi connectivity index (χ1) is 20.0. The van der Waals surface area contributed by atoms with Gasteiger partial charge in [-0.2, -0.15) is 0 Å². The monoisotopic (exact) mass is 620 g/mol. The molecule has 240 valence electrons. The fraction of sp³-hybridized carbons (Fsp3) is 0.700. The summed E-state index contributed by atoms with van der Waals surface area (Å²) in [6.45, 7) is 14.2. The van der Waals surface area contributed by atoms with Gasteiger partial charge in [0.2, 0.25) is 5.91 Å². The predicted molar refractivity (Wildman–Crippen MR) is 168 cm³/mol. The SMILES string of the molecule is C=CC(C)(C)OC[C@H](N)C(=O)[C@@]1(C=O)C(C(=O)C=N)CCN1C(=O)[C@](N)([C@@H](N)CC(C)C)[C@@H](C)[C@@H](C)C(=O)C1=NCCS1. The van der Waals surface area contributed by atoms with E-state index in [0.29, 0.717) is 30.0 Å². The van der Waals surface area contributed by atoms with Gasteiger partial charge in [0.25, 0.3) is 0 Å². The molecule has 2 aliphatic rings. The van der Waals surface area contributed by atoms with Crippen LogP contribution in [0.4, 0.5) is 0 Å². The van der Waals surface area contributed by atoms with E-state index in [1.807, 2.05) is 13.8 Å². The molecule has 2 aliphatic heterocycles. The summed E-state index contributed by atoms with van der Waals surface area (Å²) in [5.74, 6) is -5.14. The first kappa shape index (κ1) is 36.6. The maximum absolute atomic E-state index is 14.7. The zero-order chi connectivity index (χ0) is 32.9. The molecule has 7 N–H and O–H groups in total. The summed E-state index contributed by atoms with van der Waals surface area (Å²) in [4.78, 5) is 73.4. The van der Waals surface area contributed by atoms with Gasteiger partial charge in [-0.25, -0.2) is 0 Å². The Morgan fingerprint density at radius 2 is 1.86 bits per heavy atom. The summed E-state index contributed by atoms with van der Waals surface area (Å²) in [6.07, 6.45) is 2.51. The number of Topliss-reactive ketones (excluding diaryl/α,β-unsaturated/α-hetero) is 3. The maximum atomic E-state index is 14.7. The van der Waals surface area contributed by atoms with Gasteiger partial charge in [-0.05, 0) is 38.5 Å². The van der Waals surface area contributed by atoms with Gasteiger partial charge in [0.05, 0.1) is 30.4 Å². The molecule has 13 heteroatoms. The lowest BCUT2D eigenvalue weighted by atomic mass is 9.69. The number of aliphatic imine (C=N–C) groups is 1. The Kier molecular flexibility index (Phi) is 12.3. The second-order valence-corrected chi connectivity index (χ2v) is 13.6. The van der Waals surface area contributed by atoms with Crippen LogP contribution in [0.5, 0.6) is 0 Å². The highest BCUT2D eigenvalue weighted by atomic mass is 32.2. The van der Waals surface area contributed by atoms with Crippen LogP contribution in [0.3, 0.4) is 0 Å². The molecule has 0 bridgehead atoms. The normalized spacial score (nSPS) is 24.8. The molecule has 1 fully saturated rings. The molecule has 1 unspecified atom stereocenters. The van der Waals surface area contributed by atoms with E-state index in [0.717, 1.165) is 4.90 Å².